The van der Waals surface area contributed by atoms with Crippen molar-refractivity contribution in [1.82, 2.24) is 15.6 Å². The summed E-state index contributed by atoms with van der Waals surface area (Å²) in [5.74, 6) is -1.00. The molecule has 3 aromatic rings. The molecule has 0 radical (unpaired) electrons. The van der Waals surface area contributed by atoms with E-state index in [2.05, 4.69) is 43.5 Å². The smallest absolute Gasteiger partial charge is 0.339 e. The summed E-state index contributed by atoms with van der Waals surface area (Å²) in [6, 6.07) is 11.0. The molecule has 0 spiro atoms. The molecule has 0 aliphatic heterocycles. The van der Waals surface area contributed by atoms with Crippen molar-refractivity contribution in [2.24, 2.45) is 11.3 Å². The molecule has 3 amide bonds. The number of pyridine rings is 1. The van der Waals surface area contributed by atoms with Crippen molar-refractivity contribution in [3.63, 3.8) is 0 Å². The van der Waals surface area contributed by atoms with E-state index in [1.54, 1.807) is 18.3 Å². The van der Waals surface area contributed by atoms with Crippen LogP contribution in [-0.2, 0) is 16.0 Å². The average Bonchev–Trinajstić information content (AvgIpc) is 3.35. The van der Waals surface area contributed by atoms with Gasteiger partial charge in [-0.2, -0.15) is 0 Å². The van der Waals surface area contributed by atoms with Gasteiger partial charge in [-0.1, -0.05) is 45.0 Å². The van der Waals surface area contributed by atoms with Gasteiger partial charge in [-0.3, -0.25) is 10.1 Å². The standard InChI is InChI=1S/C29H33N3O4S/c1-6-30-28(35)32-26(33)17(2)36-27(34)24-21-11-7-8-12-23(21)31-25-18(15-20-10-9-13-37-20)14-19(16-22(24)25)29(3,4)5/h7-13,15,17,19H,6,14,16H2,1-5H3,(H2,30,32,33,35)/b18-15+/t17-,19+/m1/s1. The van der Waals surface area contributed by atoms with E-state index in [4.69, 9.17) is 9.72 Å². The van der Waals surface area contributed by atoms with Crippen LogP contribution >= 0.6 is 11.3 Å². The Morgan fingerprint density at radius 2 is 1.92 bits per heavy atom. The van der Waals surface area contributed by atoms with Gasteiger partial charge in [0.25, 0.3) is 5.91 Å². The predicted octanol–water partition coefficient (Wildman–Crippen LogP) is 5.84. The lowest BCUT2D eigenvalue weighted by molar-refractivity contribution is -0.127. The Morgan fingerprint density at radius 3 is 2.59 bits per heavy atom. The summed E-state index contributed by atoms with van der Waals surface area (Å²) in [4.78, 5) is 44.1. The summed E-state index contributed by atoms with van der Waals surface area (Å²) in [7, 11) is 0. The highest BCUT2D eigenvalue weighted by atomic mass is 32.1. The minimum absolute atomic E-state index is 0.00112. The zero-order chi connectivity index (χ0) is 26.7. The van der Waals surface area contributed by atoms with Crippen LogP contribution in [0.15, 0.2) is 41.8 Å². The molecule has 0 saturated carbocycles. The van der Waals surface area contributed by atoms with Crippen LogP contribution in [0.2, 0.25) is 0 Å². The molecule has 2 aromatic heterocycles. The van der Waals surface area contributed by atoms with Crippen LogP contribution in [0.3, 0.4) is 0 Å². The normalized spacial score (nSPS) is 17.2. The third-order valence-electron chi connectivity index (χ3n) is 6.73. The molecular weight excluding hydrogens is 486 g/mol. The molecule has 37 heavy (non-hydrogen) atoms. The van der Waals surface area contributed by atoms with Gasteiger partial charge < -0.3 is 10.1 Å². The number of ether oxygens (including phenoxy) is 1. The number of fused-ring (bicyclic) bond motifs is 2. The number of carbonyl (C=O) groups excluding carboxylic acids is 3. The number of hydrogen-bond donors (Lipinski definition) is 2. The summed E-state index contributed by atoms with van der Waals surface area (Å²) < 4.78 is 5.64. The second-order valence-electron chi connectivity index (χ2n) is 10.4. The number of para-hydroxylation sites is 1. The molecule has 0 bridgehead atoms. The van der Waals surface area contributed by atoms with Crippen LogP contribution in [-0.4, -0.2) is 35.5 Å². The fourth-order valence-electron chi connectivity index (χ4n) is 4.61. The highest BCUT2D eigenvalue weighted by molar-refractivity contribution is 7.10. The second-order valence-corrected chi connectivity index (χ2v) is 11.4. The van der Waals surface area contributed by atoms with Gasteiger partial charge in [0.1, 0.15) is 0 Å². The van der Waals surface area contributed by atoms with E-state index in [1.165, 1.54) is 6.92 Å². The maximum Gasteiger partial charge on any atom is 0.339 e. The number of hydrogen-bond acceptors (Lipinski definition) is 6. The Balaban J connectivity index is 1.80. The summed E-state index contributed by atoms with van der Waals surface area (Å²) in [6.07, 6.45) is 2.53. The van der Waals surface area contributed by atoms with Crippen LogP contribution in [0.4, 0.5) is 4.79 Å². The molecular formula is C29H33N3O4S. The van der Waals surface area contributed by atoms with Crippen molar-refractivity contribution in [1.29, 1.82) is 0 Å². The summed E-state index contributed by atoms with van der Waals surface area (Å²) in [5, 5.41) is 7.44. The van der Waals surface area contributed by atoms with Gasteiger partial charge in [-0.25, -0.2) is 14.6 Å². The molecule has 0 unspecified atom stereocenters. The van der Waals surface area contributed by atoms with E-state index in [-0.39, 0.29) is 11.3 Å². The number of nitrogens with zero attached hydrogens (tertiary/aromatic N) is 1. The highest BCUT2D eigenvalue weighted by Gasteiger charge is 2.36. The lowest BCUT2D eigenvalue weighted by Gasteiger charge is -2.36. The van der Waals surface area contributed by atoms with Crippen molar-refractivity contribution >= 4 is 51.8 Å². The number of benzene rings is 1. The highest BCUT2D eigenvalue weighted by Crippen LogP contribution is 2.45. The minimum atomic E-state index is -1.15. The van der Waals surface area contributed by atoms with E-state index in [1.807, 2.05) is 35.7 Å². The number of imide groups is 1. The molecule has 0 fully saturated rings. The van der Waals surface area contributed by atoms with Crippen molar-refractivity contribution in [2.45, 2.75) is 53.6 Å². The maximum absolute atomic E-state index is 13.7. The molecule has 1 aliphatic carbocycles. The van der Waals surface area contributed by atoms with Crippen molar-refractivity contribution in [2.75, 3.05) is 6.54 Å². The Hall–Kier alpha value is -3.52. The topological polar surface area (TPSA) is 97.4 Å². The first-order chi connectivity index (χ1) is 17.6. The Bertz CT molecular complexity index is 1360. The average molecular weight is 520 g/mol. The van der Waals surface area contributed by atoms with Gasteiger partial charge in [0.05, 0.1) is 16.8 Å². The lowest BCUT2D eigenvalue weighted by atomic mass is 9.69. The molecule has 2 N–H and O–H groups in total. The Morgan fingerprint density at radius 1 is 1.16 bits per heavy atom. The zero-order valence-electron chi connectivity index (χ0n) is 21.9. The first-order valence-corrected chi connectivity index (χ1v) is 13.4. The van der Waals surface area contributed by atoms with Gasteiger partial charge >= 0.3 is 12.0 Å². The predicted molar refractivity (Wildman–Crippen MR) is 147 cm³/mol. The molecule has 7 nitrogen and oxygen atoms in total. The zero-order valence-corrected chi connectivity index (χ0v) is 22.7. The summed E-state index contributed by atoms with van der Waals surface area (Å²) in [6.45, 7) is 10.2. The molecule has 2 atom stereocenters. The van der Waals surface area contributed by atoms with E-state index in [0.717, 1.165) is 28.1 Å². The third kappa shape index (κ3) is 5.91. The SMILES string of the molecule is CCNC(=O)NC(=O)[C@@H](C)OC(=O)c1c2c(nc3ccccc13)/C(=C/c1cccs1)C[C@H](C(C)(C)C)C2. The van der Waals surface area contributed by atoms with Crippen molar-refractivity contribution < 1.29 is 19.1 Å². The molecule has 0 saturated heterocycles. The number of rotatable bonds is 5. The van der Waals surface area contributed by atoms with Crippen molar-refractivity contribution in [3.8, 4) is 0 Å². The van der Waals surface area contributed by atoms with E-state index in [0.29, 0.717) is 29.4 Å². The molecule has 4 rings (SSSR count). The summed E-state index contributed by atoms with van der Waals surface area (Å²) >= 11 is 1.66. The quantitative estimate of drug-likeness (QED) is 0.413. The van der Waals surface area contributed by atoms with Gasteiger partial charge in [0.2, 0.25) is 0 Å². The van der Waals surface area contributed by atoms with Gasteiger partial charge in [-0.05, 0) is 72.7 Å². The number of aromatic nitrogens is 1. The minimum Gasteiger partial charge on any atom is -0.449 e. The number of nitrogens with one attached hydrogen (secondary N) is 2. The van der Waals surface area contributed by atoms with E-state index < -0.39 is 24.0 Å². The summed E-state index contributed by atoms with van der Waals surface area (Å²) in [5.41, 5.74) is 3.86. The van der Waals surface area contributed by atoms with Gasteiger partial charge in [0.15, 0.2) is 6.10 Å². The van der Waals surface area contributed by atoms with Gasteiger partial charge in [-0.15, -0.1) is 11.3 Å². The first kappa shape index (κ1) is 26.5. The monoisotopic (exact) mass is 519 g/mol. The van der Waals surface area contributed by atoms with Crippen LogP contribution in [0, 0.1) is 11.3 Å². The fourth-order valence-corrected chi connectivity index (χ4v) is 5.29. The third-order valence-corrected chi connectivity index (χ3v) is 7.55. The number of thiophene rings is 1. The molecule has 1 aliphatic rings. The van der Waals surface area contributed by atoms with Crippen LogP contribution < -0.4 is 10.6 Å². The number of urea groups is 1. The number of allylic oxidation sites excluding steroid dienone is 1. The number of carbonyl (C=O) groups is 3. The van der Waals surface area contributed by atoms with Crippen molar-refractivity contribution in [3.05, 3.63) is 63.5 Å². The number of esters is 1. The maximum atomic E-state index is 13.7. The Kier molecular flexibility index (Phi) is 7.78. The molecule has 8 heteroatoms. The molecule has 2 heterocycles. The molecule has 194 valence electrons. The second kappa shape index (κ2) is 10.8. The van der Waals surface area contributed by atoms with Gasteiger partial charge in [0, 0.05) is 16.8 Å². The molecule has 1 aromatic carbocycles. The van der Waals surface area contributed by atoms with Crippen LogP contribution in [0.1, 0.15) is 67.5 Å². The lowest BCUT2D eigenvalue weighted by Crippen LogP contribution is -2.44. The van der Waals surface area contributed by atoms with Crippen LogP contribution in [0.25, 0.3) is 22.6 Å². The largest absolute Gasteiger partial charge is 0.449 e. The Labute approximate surface area is 221 Å². The first-order valence-electron chi connectivity index (χ1n) is 12.5. The van der Waals surface area contributed by atoms with E-state index in [9.17, 15) is 14.4 Å². The fraction of sp³-hybridized carbons (Fsp3) is 0.379. The van der Waals surface area contributed by atoms with E-state index >= 15 is 0 Å². The number of amides is 3. The van der Waals surface area contributed by atoms with Crippen LogP contribution in [0.5, 0.6) is 0 Å².